The maximum Gasteiger partial charge on any atom is 0.291 e. The number of halogens is 2. The average Bonchev–Trinajstić information content (AvgIpc) is 3.06. The molecule has 2 heterocycles. The normalized spacial score (nSPS) is 18.0. The van der Waals surface area contributed by atoms with Crippen molar-refractivity contribution >= 4 is 5.91 Å². The number of oxazole rings is 1. The van der Waals surface area contributed by atoms with Crippen LogP contribution in [0.15, 0.2) is 29.0 Å². The van der Waals surface area contributed by atoms with E-state index in [1.807, 2.05) is 0 Å². The minimum atomic E-state index is -0.571. The number of aromatic nitrogens is 1. The molecule has 1 aliphatic rings. The lowest BCUT2D eigenvalue weighted by molar-refractivity contribution is 0.0754. The molecule has 1 fully saturated rings. The van der Waals surface area contributed by atoms with Crippen molar-refractivity contribution in [2.45, 2.75) is 19.8 Å². The Labute approximate surface area is 126 Å². The van der Waals surface area contributed by atoms with E-state index in [1.165, 1.54) is 18.5 Å². The van der Waals surface area contributed by atoms with E-state index in [2.05, 4.69) is 4.98 Å². The molecule has 0 N–H and O–H groups in total. The van der Waals surface area contributed by atoms with E-state index in [1.54, 1.807) is 11.8 Å². The van der Waals surface area contributed by atoms with E-state index >= 15 is 0 Å². The molecule has 0 spiro atoms. The first-order valence-electron chi connectivity index (χ1n) is 7.17. The van der Waals surface area contributed by atoms with Crippen molar-refractivity contribution in [1.29, 1.82) is 0 Å². The molecule has 1 aliphatic heterocycles. The van der Waals surface area contributed by atoms with Crippen molar-refractivity contribution < 1.29 is 18.0 Å². The van der Waals surface area contributed by atoms with Gasteiger partial charge >= 0.3 is 0 Å². The molecule has 1 amide bonds. The number of amides is 1. The number of aryl methyl sites for hydroxylation is 1. The highest BCUT2D eigenvalue weighted by molar-refractivity contribution is 5.92. The van der Waals surface area contributed by atoms with Crippen LogP contribution in [0.3, 0.4) is 0 Å². The standard InChI is InChI=1S/C16H16F2N2O2/c1-10-15(22-9-19-10)16(21)20-3-2-11(8-20)4-12-5-13(17)7-14(18)6-12/h5-7,9,11H,2-4,8H2,1H3. The summed E-state index contributed by atoms with van der Waals surface area (Å²) in [7, 11) is 0. The number of hydrogen-bond donors (Lipinski definition) is 0. The van der Waals surface area contributed by atoms with Gasteiger partial charge in [-0.1, -0.05) is 0 Å². The van der Waals surface area contributed by atoms with Crippen LogP contribution in [-0.2, 0) is 6.42 Å². The summed E-state index contributed by atoms with van der Waals surface area (Å²) in [5, 5.41) is 0. The van der Waals surface area contributed by atoms with Gasteiger partial charge in [0, 0.05) is 19.2 Å². The zero-order valence-electron chi connectivity index (χ0n) is 12.2. The molecule has 0 bridgehead atoms. The lowest BCUT2D eigenvalue weighted by Crippen LogP contribution is -2.29. The molecule has 4 nitrogen and oxygen atoms in total. The third-order valence-corrected chi connectivity index (χ3v) is 3.96. The van der Waals surface area contributed by atoms with Crippen molar-refractivity contribution in [3.63, 3.8) is 0 Å². The number of carbonyl (C=O) groups is 1. The van der Waals surface area contributed by atoms with E-state index in [0.717, 1.165) is 12.5 Å². The third-order valence-electron chi connectivity index (χ3n) is 3.96. The van der Waals surface area contributed by atoms with Crippen molar-refractivity contribution in [3.05, 3.63) is 53.2 Å². The van der Waals surface area contributed by atoms with Gasteiger partial charge in [-0.05, 0) is 43.4 Å². The molecule has 116 valence electrons. The summed E-state index contributed by atoms with van der Waals surface area (Å²) in [6.07, 6.45) is 2.61. The maximum atomic E-state index is 13.2. The van der Waals surface area contributed by atoms with Gasteiger partial charge in [0.2, 0.25) is 5.76 Å². The van der Waals surface area contributed by atoms with Crippen LogP contribution in [0.25, 0.3) is 0 Å². The number of rotatable bonds is 3. The fourth-order valence-electron chi connectivity index (χ4n) is 2.90. The van der Waals surface area contributed by atoms with Gasteiger partial charge in [0.25, 0.3) is 5.91 Å². The summed E-state index contributed by atoms with van der Waals surface area (Å²) in [5.41, 5.74) is 1.19. The van der Waals surface area contributed by atoms with E-state index in [0.29, 0.717) is 30.8 Å². The van der Waals surface area contributed by atoms with Crippen LogP contribution in [0.2, 0.25) is 0 Å². The number of likely N-dealkylation sites (tertiary alicyclic amines) is 1. The van der Waals surface area contributed by atoms with Crippen LogP contribution >= 0.6 is 0 Å². The van der Waals surface area contributed by atoms with Gasteiger partial charge in [0.1, 0.15) is 11.6 Å². The Hall–Kier alpha value is -2.24. The summed E-state index contributed by atoms with van der Waals surface area (Å²) < 4.78 is 31.5. The molecule has 0 saturated carbocycles. The van der Waals surface area contributed by atoms with Crippen molar-refractivity contribution in [2.24, 2.45) is 5.92 Å². The second-order valence-corrected chi connectivity index (χ2v) is 5.65. The Morgan fingerprint density at radius 2 is 2.09 bits per heavy atom. The first-order chi connectivity index (χ1) is 10.5. The van der Waals surface area contributed by atoms with E-state index in [-0.39, 0.29) is 17.6 Å². The molecule has 3 rings (SSSR count). The predicted molar refractivity (Wildman–Crippen MR) is 75.3 cm³/mol. The predicted octanol–water partition coefficient (Wildman–Crippen LogP) is 2.97. The van der Waals surface area contributed by atoms with Gasteiger partial charge in [0.05, 0.1) is 5.69 Å². The number of benzene rings is 1. The number of hydrogen-bond acceptors (Lipinski definition) is 3. The maximum absolute atomic E-state index is 13.2. The summed E-state index contributed by atoms with van der Waals surface area (Å²) in [6, 6.07) is 3.54. The molecule has 22 heavy (non-hydrogen) atoms. The van der Waals surface area contributed by atoms with Gasteiger partial charge in [-0.15, -0.1) is 0 Å². The van der Waals surface area contributed by atoms with Crippen LogP contribution in [-0.4, -0.2) is 28.9 Å². The minimum Gasteiger partial charge on any atom is -0.438 e. The summed E-state index contributed by atoms with van der Waals surface area (Å²) in [5.74, 6) is -0.870. The second-order valence-electron chi connectivity index (χ2n) is 5.65. The molecular weight excluding hydrogens is 290 g/mol. The summed E-state index contributed by atoms with van der Waals surface area (Å²) >= 11 is 0. The highest BCUT2D eigenvalue weighted by Gasteiger charge is 2.29. The molecule has 1 aromatic heterocycles. The van der Waals surface area contributed by atoms with Crippen LogP contribution in [0, 0.1) is 24.5 Å². The van der Waals surface area contributed by atoms with E-state index in [4.69, 9.17) is 4.42 Å². The highest BCUT2D eigenvalue weighted by Crippen LogP contribution is 2.24. The Kier molecular flexibility index (Phi) is 3.92. The fraction of sp³-hybridized carbons (Fsp3) is 0.375. The molecule has 2 aromatic rings. The van der Waals surface area contributed by atoms with E-state index in [9.17, 15) is 13.6 Å². The van der Waals surface area contributed by atoms with Crippen molar-refractivity contribution in [2.75, 3.05) is 13.1 Å². The van der Waals surface area contributed by atoms with Crippen LogP contribution in [0.5, 0.6) is 0 Å². The molecule has 0 radical (unpaired) electrons. The molecule has 1 saturated heterocycles. The fourth-order valence-corrected chi connectivity index (χ4v) is 2.90. The lowest BCUT2D eigenvalue weighted by atomic mass is 9.98. The molecule has 1 atom stereocenters. The van der Waals surface area contributed by atoms with Crippen molar-refractivity contribution in [3.8, 4) is 0 Å². The zero-order valence-corrected chi connectivity index (χ0v) is 12.2. The summed E-state index contributed by atoms with van der Waals surface area (Å²) in [6.45, 7) is 2.89. The Balaban J connectivity index is 1.65. The number of carbonyl (C=O) groups excluding carboxylic acids is 1. The van der Waals surface area contributed by atoms with E-state index < -0.39 is 11.6 Å². The Morgan fingerprint density at radius 1 is 1.36 bits per heavy atom. The monoisotopic (exact) mass is 306 g/mol. The molecule has 0 aliphatic carbocycles. The smallest absolute Gasteiger partial charge is 0.291 e. The average molecular weight is 306 g/mol. The minimum absolute atomic E-state index is 0.178. The third kappa shape index (κ3) is 3.00. The Bertz CT molecular complexity index is 679. The van der Waals surface area contributed by atoms with Gasteiger partial charge in [-0.25, -0.2) is 13.8 Å². The first kappa shape index (κ1) is 14.7. The topological polar surface area (TPSA) is 46.3 Å². The van der Waals surface area contributed by atoms with Gasteiger partial charge < -0.3 is 9.32 Å². The largest absolute Gasteiger partial charge is 0.438 e. The Morgan fingerprint density at radius 3 is 2.73 bits per heavy atom. The van der Waals surface area contributed by atoms with Crippen LogP contribution in [0.4, 0.5) is 8.78 Å². The molecule has 6 heteroatoms. The van der Waals surface area contributed by atoms with Gasteiger partial charge in [-0.3, -0.25) is 4.79 Å². The SMILES string of the molecule is Cc1ncoc1C(=O)N1CCC(Cc2cc(F)cc(F)c2)C1. The molecule has 1 unspecified atom stereocenters. The highest BCUT2D eigenvalue weighted by atomic mass is 19.1. The molecular formula is C16H16F2N2O2. The van der Waals surface area contributed by atoms with Gasteiger partial charge in [-0.2, -0.15) is 0 Å². The first-order valence-corrected chi connectivity index (χ1v) is 7.17. The molecule has 1 aromatic carbocycles. The quantitative estimate of drug-likeness (QED) is 0.876. The second kappa shape index (κ2) is 5.87. The zero-order chi connectivity index (χ0) is 15.7. The van der Waals surface area contributed by atoms with Crippen LogP contribution < -0.4 is 0 Å². The van der Waals surface area contributed by atoms with Crippen molar-refractivity contribution in [1.82, 2.24) is 9.88 Å². The number of nitrogens with zero attached hydrogens (tertiary/aromatic N) is 2. The van der Waals surface area contributed by atoms with Crippen LogP contribution in [0.1, 0.15) is 28.2 Å². The lowest BCUT2D eigenvalue weighted by Gasteiger charge is -2.15. The summed E-state index contributed by atoms with van der Waals surface area (Å²) in [4.78, 5) is 17.9. The van der Waals surface area contributed by atoms with Gasteiger partial charge in [0.15, 0.2) is 6.39 Å².